The van der Waals surface area contributed by atoms with Gasteiger partial charge in [-0.2, -0.15) is 0 Å². The second-order valence-corrected chi connectivity index (χ2v) is 7.04. The van der Waals surface area contributed by atoms with E-state index >= 15 is 0 Å². The third-order valence-electron chi connectivity index (χ3n) is 4.19. The van der Waals surface area contributed by atoms with Gasteiger partial charge in [-0.3, -0.25) is 4.79 Å². The number of ether oxygens (including phenoxy) is 2. The van der Waals surface area contributed by atoms with E-state index < -0.39 is 0 Å². The Balaban J connectivity index is 1.26. The zero-order chi connectivity index (χ0) is 20.1. The summed E-state index contributed by atoms with van der Waals surface area (Å²) in [6.45, 7) is 0.730. The molecule has 1 amide bonds. The summed E-state index contributed by atoms with van der Waals surface area (Å²) >= 11 is 1.24. The molecule has 0 bridgehead atoms. The molecule has 9 heteroatoms. The van der Waals surface area contributed by atoms with Gasteiger partial charge in [0.05, 0.1) is 19.4 Å². The first-order chi connectivity index (χ1) is 14.2. The highest BCUT2D eigenvalue weighted by atomic mass is 32.2. The van der Waals surface area contributed by atoms with Crippen LogP contribution in [0, 0.1) is 0 Å². The van der Waals surface area contributed by atoms with Crippen LogP contribution in [-0.2, 0) is 4.79 Å². The Morgan fingerprint density at radius 1 is 1.10 bits per heavy atom. The molecular weight excluding hydrogens is 390 g/mol. The van der Waals surface area contributed by atoms with Crippen molar-refractivity contribution in [3.63, 3.8) is 0 Å². The van der Waals surface area contributed by atoms with E-state index in [9.17, 15) is 4.79 Å². The van der Waals surface area contributed by atoms with E-state index in [0.29, 0.717) is 35.5 Å². The number of nitrogens with one attached hydrogen (secondary N) is 2. The fraction of sp³-hybridized carbons (Fsp3) is 0.200. The number of hydrogen-bond acceptors (Lipinski definition) is 7. The molecule has 0 atom stereocenters. The van der Waals surface area contributed by atoms with Crippen LogP contribution in [0.25, 0.3) is 22.1 Å². The minimum Gasteiger partial charge on any atom is -0.493 e. The van der Waals surface area contributed by atoms with Gasteiger partial charge >= 0.3 is 0 Å². The first-order valence-corrected chi connectivity index (χ1v) is 9.99. The standard InChI is InChI=1S/C20H19N5O3S/c1-27-15-8-4-5-9-16(15)28-11-10-21-17(26)12-29-20-23-19-18(24-25-20)13-6-2-3-7-14(13)22-19/h2-9H,10-12H2,1H3,(H,21,26)(H,22,23,25). The topological polar surface area (TPSA) is 102 Å². The fourth-order valence-electron chi connectivity index (χ4n) is 2.84. The number of amides is 1. The third kappa shape index (κ3) is 4.40. The summed E-state index contributed by atoms with van der Waals surface area (Å²) < 4.78 is 10.9. The fourth-order valence-corrected chi connectivity index (χ4v) is 3.45. The number of aromatic amines is 1. The molecule has 148 valence electrons. The molecule has 0 fully saturated rings. The molecule has 0 saturated heterocycles. The molecule has 8 nitrogen and oxygen atoms in total. The molecule has 0 aliphatic rings. The van der Waals surface area contributed by atoms with Crippen LogP contribution in [0.5, 0.6) is 11.5 Å². The Morgan fingerprint density at radius 2 is 1.90 bits per heavy atom. The van der Waals surface area contributed by atoms with E-state index in [4.69, 9.17) is 9.47 Å². The minimum atomic E-state index is -0.126. The molecule has 2 aromatic heterocycles. The van der Waals surface area contributed by atoms with Crippen molar-refractivity contribution in [2.24, 2.45) is 0 Å². The monoisotopic (exact) mass is 409 g/mol. The highest BCUT2D eigenvalue weighted by Crippen LogP contribution is 2.25. The van der Waals surface area contributed by atoms with Crippen LogP contribution in [-0.4, -0.2) is 52.1 Å². The second-order valence-electron chi connectivity index (χ2n) is 6.10. The number of benzene rings is 2. The van der Waals surface area contributed by atoms with Crippen LogP contribution >= 0.6 is 11.8 Å². The van der Waals surface area contributed by atoms with Gasteiger partial charge in [-0.1, -0.05) is 42.1 Å². The second kappa shape index (κ2) is 8.78. The number of hydrogen-bond donors (Lipinski definition) is 2. The zero-order valence-electron chi connectivity index (χ0n) is 15.7. The summed E-state index contributed by atoms with van der Waals surface area (Å²) in [4.78, 5) is 19.7. The Bertz CT molecular complexity index is 1150. The molecule has 0 unspecified atom stereocenters. The molecule has 0 aliphatic heterocycles. The number of rotatable bonds is 8. The van der Waals surface area contributed by atoms with Gasteiger partial charge in [0.25, 0.3) is 0 Å². The number of H-pyrrole nitrogens is 1. The van der Waals surface area contributed by atoms with Gasteiger partial charge < -0.3 is 19.8 Å². The van der Waals surface area contributed by atoms with E-state index in [0.717, 1.165) is 16.4 Å². The Kier molecular flexibility index (Phi) is 5.76. The van der Waals surface area contributed by atoms with Gasteiger partial charge in [0.15, 0.2) is 17.1 Å². The van der Waals surface area contributed by atoms with Crippen molar-refractivity contribution in [1.82, 2.24) is 25.5 Å². The molecule has 0 saturated carbocycles. The van der Waals surface area contributed by atoms with Crippen molar-refractivity contribution < 1.29 is 14.3 Å². The number of carbonyl (C=O) groups excluding carboxylic acids is 1. The number of thioether (sulfide) groups is 1. The maximum Gasteiger partial charge on any atom is 0.230 e. The molecular formula is C20H19N5O3S. The SMILES string of the molecule is COc1ccccc1OCCNC(=O)CSc1nnc2c(n1)[nH]c1ccccc12. The molecule has 4 rings (SSSR count). The smallest absolute Gasteiger partial charge is 0.230 e. The number of methoxy groups -OCH3 is 1. The summed E-state index contributed by atoms with van der Waals surface area (Å²) in [5.74, 6) is 1.37. The van der Waals surface area contributed by atoms with Gasteiger partial charge in [0.1, 0.15) is 12.1 Å². The van der Waals surface area contributed by atoms with Crippen molar-refractivity contribution in [2.75, 3.05) is 26.0 Å². The van der Waals surface area contributed by atoms with Crippen LogP contribution < -0.4 is 14.8 Å². The van der Waals surface area contributed by atoms with Gasteiger partial charge in [0.2, 0.25) is 11.1 Å². The number of para-hydroxylation sites is 3. The zero-order valence-corrected chi connectivity index (χ0v) is 16.5. The van der Waals surface area contributed by atoms with Crippen LogP contribution in [0.15, 0.2) is 53.7 Å². The summed E-state index contributed by atoms with van der Waals surface area (Å²) in [6.07, 6.45) is 0. The van der Waals surface area contributed by atoms with E-state index in [2.05, 4.69) is 25.5 Å². The van der Waals surface area contributed by atoms with Crippen molar-refractivity contribution >= 4 is 39.7 Å². The maximum atomic E-state index is 12.1. The first-order valence-electron chi connectivity index (χ1n) is 9.01. The number of nitrogens with zero attached hydrogens (tertiary/aromatic N) is 3. The normalized spacial score (nSPS) is 10.9. The van der Waals surface area contributed by atoms with Crippen LogP contribution in [0.1, 0.15) is 0 Å². The maximum absolute atomic E-state index is 12.1. The summed E-state index contributed by atoms with van der Waals surface area (Å²) in [5, 5.41) is 12.6. The number of fused-ring (bicyclic) bond motifs is 3. The number of aromatic nitrogens is 4. The molecule has 2 aromatic carbocycles. The van der Waals surface area contributed by atoms with E-state index in [1.165, 1.54) is 11.8 Å². The Labute approximate surface area is 171 Å². The van der Waals surface area contributed by atoms with Crippen molar-refractivity contribution in [3.8, 4) is 11.5 Å². The lowest BCUT2D eigenvalue weighted by molar-refractivity contribution is -0.118. The van der Waals surface area contributed by atoms with Crippen molar-refractivity contribution in [3.05, 3.63) is 48.5 Å². The first kappa shape index (κ1) is 19.0. The average molecular weight is 409 g/mol. The molecule has 0 spiro atoms. The number of carbonyl (C=O) groups is 1. The Morgan fingerprint density at radius 3 is 2.76 bits per heavy atom. The van der Waals surface area contributed by atoms with Crippen LogP contribution in [0.3, 0.4) is 0 Å². The lowest BCUT2D eigenvalue weighted by Crippen LogP contribution is -2.29. The quantitative estimate of drug-likeness (QED) is 0.341. The third-order valence-corrected chi connectivity index (χ3v) is 5.02. The van der Waals surface area contributed by atoms with E-state index in [1.807, 2.05) is 48.5 Å². The van der Waals surface area contributed by atoms with Gasteiger partial charge in [-0.25, -0.2) is 4.98 Å². The molecule has 29 heavy (non-hydrogen) atoms. The largest absolute Gasteiger partial charge is 0.493 e. The highest BCUT2D eigenvalue weighted by Gasteiger charge is 2.10. The lowest BCUT2D eigenvalue weighted by Gasteiger charge is -2.10. The molecule has 2 N–H and O–H groups in total. The Hall–Kier alpha value is -3.33. The predicted molar refractivity (Wildman–Crippen MR) is 111 cm³/mol. The summed E-state index contributed by atoms with van der Waals surface area (Å²) in [5.41, 5.74) is 2.34. The van der Waals surface area contributed by atoms with Crippen LogP contribution in [0.4, 0.5) is 0 Å². The molecule has 0 radical (unpaired) electrons. The van der Waals surface area contributed by atoms with Crippen molar-refractivity contribution in [1.29, 1.82) is 0 Å². The van der Waals surface area contributed by atoms with Gasteiger partial charge in [0, 0.05) is 10.9 Å². The van der Waals surface area contributed by atoms with Gasteiger partial charge in [-0.05, 0) is 18.2 Å². The molecule has 4 aromatic rings. The van der Waals surface area contributed by atoms with Crippen molar-refractivity contribution in [2.45, 2.75) is 5.16 Å². The summed E-state index contributed by atoms with van der Waals surface area (Å²) in [7, 11) is 1.59. The lowest BCUT2D eigenvalue weighted by atomic mass is 10.2. The van der Waals surface area contributed by atoms with E-state index in [1.54, 1.807) is 7.11 Å². The molecule has 2 heterocycles. The summed E-state index contributed by atoms with van der Waals surface area (Å²) in [6, 6.07) is 15.2. The van der Waals surface area contributed by atoms with Gasteiger partial charge in [-0.15, -0.1) is 10.2 Å². The minimum absolute atomic E-state index is 0.126. The molecule has 0 aliphatic carbocycles. The van der Waals surface area contributed by atoms with E-state index in [-0.39, 0.29) is 11.7 Å². The average Bonchev–Trinajstić information content (AvgIpc) is 3.13. The predicted octanol–water partition coefficient (Wildman–Crippen LogP) is 2.80. The van der Waals surface area contributed by atoms with Crippen LogP contribution in [0.2, 0.25) is 0 Å². The highest BCUT2D eigenvalue weighted by molar-refractivity contribution is 7.99.